The molecule has 0 aliphatic carbocycles. The van der Waals surface area contributed by atoms with E-state index in [1.807, 2.05) is 91.9 Å². The van der Waals surface area contributed by atoms with E-state index in [2.05, 4.69) is 0 Å². The van der Waals surface area contributed by atoms with Crippen LogP contribution in [0, 0.1) is 0 Å². The first-order valence-corrected chi connectivity index (χ1v) is 15.8. The van der Waals surface area contributed by atoms with E-state index in [0.29, 0.717) is 44.9 Å². The van der Waals surface area contributed by atoms with Crippen molar-refractivity contribution in [3.05, 3.63) is 144 Å². The highest BCUT2D eigenvalue weighted by Crippen LogP contribution is 2.32. The number of hydrogen-bond donors (Lipinski definition) is 0. The number of benzene rings is 4. The Morgan fingerprint density at radius 3 is 2.37 bits per heavy atom. The fourth-order valence-electron chi connectivity index (χ4n) is 5.61. The molecule has 0 radical (unpaired) electrons. The molecule has 1 aliphatic heterocycles. The Hall–Kier alpha value is -5.28. The van der Waals surface area contributed by atoms with Crippen molar-refractivity contribution in [2.75, 3.05) is 13.7 Å². The van der Waals surface area contributed by atoms with Gasteiger partial charge in [0.2, 0.25) is 0 Å². The SMILES string of the molecule is CCOC(=O)c1ccc(COc2ccc3ccccc3c2/C=c2/sc3n(c2=O)[C@H](c2ccccc2)C(C(=O)OC)=C(CC)N=3)cc1. The van der Waals surface area contributed by atoms with Crippen LogP contribution in [0.3, 0.4) is 0 Å². The van der Waals surface area contributed by atoms with Crippen LogP contribution >= 0.6 is 11.3 Å². The van der Waals surface area contributed by atoms with Crippen molar-refractivity contribution < 1.29 is 23.8 Å². The highest BCUT2D eigenvalue weighted by atomic mass is 32.1. The third-order valence-corrected chi connectivity index (χ3v) is 8.81. The lowest BCUT2D eigenvalue weighted by Crippen LogP contribution is -2.40. The molecule has 8 nitrogen and oxygen atoms in total. The number of ether oxygens (including phenoxy) is 3. The minimum absolute atomic E-state index is 0.250. The lowest BCUT2D eigenvalue weighted by molar-refractivity contribution is -0.136. The van der Waals surface area contributed by atoms with Gasteiger partial charge in [-0.15, -0.1) is 0 Å². The van der Waals surface area contributed by atoms with Gasteiger partial charge in [-0.2, -0.15) is 0 Å². The Bertz CT molecular complexity index is 2150. The molecule has 1 aliphatic rings. The van der Waals surface area contributed by atoms with Crippen LogP contribution in [0.1, 0.15) is 53.4 Å². The molecule has 2 heterocycles. The molecule has 9 heteroatoms. The molecule has 0 fully saturated rings. The van der Waals surface area contributed by atoms with Crippen molar-refractivity contribution in [1.29, 1.82) is 0 Å². The zero-order valence-corrected chi connectivity index (χ0v) is 26.5. The van der Waals surface area contributed by atoms with Crippen molar-refractivity contribution in [2.45, 2.75) is 32.9 Å². The molecule has 0 amide bonds. The van der Waals surface area contributed by atoms with E-state index < -0.39 is 12.0 Å². The second-order valence-corrected chi connectivity index (χ2v) is 11.6. The van der Waals surface area contributed by atoms with Gasteiger partial charge in [0.05, 0.1) is 41.1 Å². The molecule has 0 bridgehead atoms. The van der Waals surface area contributed by atoms with Crippen LogP contribution < -0.4 is 19.6 Å². The van der Waals surface area contributed by atoms with Gasteiger partial charge >= 0.3 is 11.9 Å². The maximum Gasteiger partial charge on any atom is 0.338 e. The molecule has 46 heavy (non-hydrogen) atoms. The third-order valence-electron chi connectivity index (χ3n) is 7.83. The molecule has 0 N–H and O–H groups in total. The summed E-state index contributed by atoms with van der Waals surface area (Å²) in [6, 6.07) is 27.7. The van der Waals surface area contributed by atoms with E-state index in [1.54, 1.807) is 23.6 Å². The number of nitrogens with zero attached hydrogens (tertiary/aromatic N) is 2. The first kappa shape index (κ1) is 30.7. The first-order valence-electron chi connectivity index (χ1n) is 15.0. The van der Waals surface area contributed by atoms with Crippen molar-refractivity contribution in [3.63, 3.8) is 0 Å². The summed E-state index contributed by atoms with van der Waals surface area (Å²) in [5, 5.41) is 1.92. The van der Waals surface area contributed by atoms with Crippen LogP contribution in [0.15, 0.2) is 112 Å². The lowest BCUT2D eigenvalue weighted by atomic mass is 9.95. The predicted molar refractivity (Wildman–Crippen MR) is 178 cm³/mol. The fourth-order valence-corrected chi connectivity index (χ4v) is 6.61. The molecule has 4 aromatic carbocycles. The number of carbonyl (C=O) groups excluding carboxylic acids is 2. The summed E-state index contributed by atoms with van der Waals surface area (Å²) in [4.78, 5) is 44.7. The number of rotatable bonds is 9. The highest BCUT2D eigenvalue weighted by Gasteiger charge is 2.33. The van der Waals surface area contributed by atoms with E-state index in [9.17, 15) is 14.4 Å². The Morgan fingerprint density at radius 1 is 0.913 bits per heavy atom. The summed E-state index contributed by atoms with van der Waals surface area (Å²) in [6.07, 6.45) is 2.35. The van der Waals surface area contributed by atoms with Gasteiger partial charge in [0.1, 0.15) is 12.4 Å². The predicted octanol–water partition coefficient (Wildman–Crippen LogP) is 5.71. The fraction of sp³-hybridized carbons (Fsp3) is 0.189. The summed E-state index contributed by atoms with van der Waals surface area (Å²) < 4.78 is 18.6. The van der Waals surface area contributed by atoms with Crippen LogP contribution in [-0.2, 0) is 20.9 Å². The first-order chi connectivity index (χ1) is 22.4. The number of esters is 2. The molecule has 5 aromatic rings. The highest BCUT2D eigenvalue weighted by molar-refractivity contribution is 7.07. The minimum Gasteiger partial charge on any atom is -0.488 e. The molecule has 0 spiro atoms. The monoisotopic (exact) mass is 632 g/mol. The Labute approximate surface area is 269 Å². The number of fused-ring (bicyclic) bond motifs is 2. The maximum absolute atomic E-state index is 14.2. The summed E-state index contributed by atoms with van der Waals surface area (Å²) in [5.41, 5.74) is 3.59. The zero-order valence-electron chi connectivity index (χ0n) is 25.7. The summed E-state index contributed by atoms with van der Waals surface area (Å²) in [6.45, 7) is 4.27. The average Bonchev–Trinajstić information content (AvgIpc) is 3.41. The maximum atomic E-state index is 14.2. The van der Waals surface area contributed by atoms with Gasteiger partial charge in [-0.3, -0.25) is 9.36 Å². The Balaban J connectivity index is 1.46. The molecular weight excluding hydrogens is 600 g/mol. The molecule has 6 rings (SSSR count). The third kappa shape index (κ3) is 5.89. The zero-order chi connectivity index (χ0) is 32.2. The van der Waals surface area contributed by atoms with Gasteiger partial charge in [0.25, 0.3) is 5.56 Å². The molecule has 1 atom stereocenters. The van der Waals surface area contributed by atoms with Gasteiger partial charge in [0, 0.05) is 5.56 Å². The number of hydrogen-bond acceptors (Lipinski definition) is 8. The quantitative estimate of drug-likeness (QED) is 0.193. The van der Waals surface area contributed by atoms with Crippen molar-refractivity contribution in [3.8, 4) is 5.75 Å². The number of aromatic nitrogens is 1. The molecule has 0 saturated carbocycles. The van der Waals surface area contributed by atoms with Crippen LogP contribution in [0.5, 0.6) is 5.75 Å². The standard InChI is InChI=1S/C37H32N2O6S/c1-4-29-32(36(42)43-3)33(25-12-7-6-8-13-25)39-34(40)31(46-37(39)38-29)21-28-27-14-10-9-11-24(27)19-20-30(28)45-22-23-15-17-26(18-16-23)35(41)44-5-2/h6-21,33H,4-5,22H2,1-3H3/b31-21+/t33-/m1/s1. The van der Waals surface area contributed by atoms with Gasteiger partial charge in [0.15, 0.2) is 4.80 Å². The number of allylic oxidation sites excluding steroid dienone is 1. The van der Waals surface area contributed by atoms with Gasteiger partial charge in [-0.05, 0) is 59.5 Å². The normalized spacial score (nSPS) is 14.5. The van der Waals surface area contributed by atoms with E-state index in [0.717, 1.165) is 27.5 Å². The molecule has 1 aromatic heterocycles. The van der Waals surface area contributed by atoms with E-state index >= 15 is 0 Å². The molecular formula is C37H32N2O6S. The molecule has 0 saturated heterocycles. The largest absolute Gasteiger partial charge is 0.488 e. The van der Waals surface area contributed by atoms with Crippen LogP contribution in [0.4, 0.5) is 0 Å². The number of thiazole rings is 1. The summed E-state index contributed by atoms with van der Waals surface area (Å²) in [7, 11) is 1.34. The average molecular weight is 633 g/mol. The van der Waals surface area contributed by atoms with Crippen molar-refractivity contribution >= 4 is 40.1 Å². The van der Waals surface area contributed by atoms with E-state index in [-0.39, 0.29) is 18.1 Å². The molecule has 232 valence electrons. The van der Waals surface area contributed by atoms with Crippen molar-refractivity contribution in [1.82, 2.24) is 4.57 Å². The molecule has 0 unspecified atom stereocenters. The Kier molecular flexibility index (Phi) is 8.94. The van der Waals surface area contributed by atoms with Crippen LogP contribution in [-0.4, -0.2) is 30.2 Å². The van der Waals surface area contributed by atoms with Gasteiger partial charge in [-0.1, -0.05) is 91.1 Å². The summed E-state index contributed by atoms with van der Waals surface area (Å²) in [5.74, 6) is -0.278. The number of methoxy groups -OCH3 is 1. The van der Waals surface area contributed by atoms with E-state index in [1.165, 1.54) is 18.4 Å². The second-order valence-electron chi connectivity index (χ2n) is 10.6. The van der Waals surface area contributed by atoms with Gasteiger partial charge in [-0.25, -0.2) is 14.6 Å². The summed E-state index contributed by atoms with van der Waals surface area (Å²) >= 11 is 1.28. The van der Waals surface area contributed by atoms with E-state index in [4.69, 9.17) is 19.2 Å². The smallest absolute Gasteiger partial charge is 0.338 e. The van der Waals surface area contributed by atoms with Crippen LogP contribution in [0.2, 0.25) is 0 Å². The number of carbonyl (C=O) groups is 2. The Morgan fingerprint density at radius 2 is 1.65 bits per heavy atom. The van der Waals surface area contributed by atoms with Gasteiger partial charge < -0.3 is 14.2 Å². The topological polar surface area (TPSA) is 96.2 Å². The van der Waals surface area contributed by atoms with Crippen LogP contribution in [0.25, 0.3) is 16.8 Å². The van der Waals surface area contributed by atoms with Crippen molar-refractivity contribution in [2.24, 2.45) is 4.99 Å². The lowest BCUT2D eigenvalue weighted by Gasteiger charge is -2.25. The minimum atomic E-state index is -0.678. The second kappa shape index (κ2) is 13.4.